The standard InChI is InChI=1S/C24H27IN2/c1-23(2,18-8-12-21(26)13-9-18)17-4-6-19(7-5-17)24(3,16-25)20-10-14-22(27)15-11-20/h4-15H,16,26-27H2,1-3H3. The van der Waals surface area contributed by atoms with Gasteiger partial charge in [0.1, 0.15) is 0 Å². The van der Waals surface area contributed by atoms with Crippen LogP contribution in [0.15, 0.2) is 72.8 Å². The minimum atomic E-state index is -0.0752. The van der Waals surface area contributed by atoms with Gasteiger partial charge in [-0.05, 0) is 46.5 Å². The molecule has 27 heavy (non-hydrogen) atoms. The molecule has 0 aliphatic rings. The Morgan fingerprint density at radius 3 is 1.26 bits per heavy atom. The molecule has 4 N–H and O–H groups in total. The molecule has 3 aromatic rings. The van der Waals surface area contributed by atoms with Crippen LogP contribution >= 0.6 is 22.6 Å². The lowest BCUT2D eigenvalue weighted by Crippen LogP contribution is -2.26. The predicted octanol–water partition coefficient (Wildman–Crippen LogP) is 5.92. The molecule has 0 fully saturated rings. The summed E-state index contributed by atoms with van der Waals surface area (Å²) in [5.41, 5.74) is 18.4. The second-order valence-electron chi connectivity index (χ2n) is 7.91. The normalized spacial score (nSPS) is 13.9. The van der Waals surface area contributed by atoms with Crippen LogP contribution in [0.1, 0.15) is 43.0 Å². The van der Waals surface area contributed by atoms with E-state index in [-0.39, 0.29) is 10.8 Å². The zero-order valence-electron chi connectivity index (χ0n) is 16.2. The first-order chi connectivity index (χ1) is 12.8. The van der Waals surface area contributed by atoms with Gasteiger partial charge < -0.3 is 11.5 Å². The summed E-state index contributed by atoms with van der Waals surface area (Å²) in [5.74, 6) is 0. The number of benzene rings is 3. The summed E-state index contributed by atoms with van der Waals surface area (Å²) < 4.78 is 0.995. The molecule has 0 saturated heterocycles. The number of halogens is 1. The molecule has 0 aliphatic heterocycles. The van der Waals surface area contributed by atoms with E-state index in [4.69, 9.17) is 11.5 Å². The lowest BCUT2D eigenvalue weighted by atomic mass is 9.74. The highest BCUT2D eigenvalue weighted by atomic mass is 127. The molecule has 0 amide bonds. The van der Waals surface area contributed by atoms with Crippen molar-refractivity contribution < 1.29 is 0 Å². The summed E-state index contributed by atoms with van der Waals surface area (Å²) in [6, 6.07) is 25.5. The van der Waals surface area contributed by atoms with Crippen LogP contribution in [0.4, 0.5) is 11.4 Å². The molecule has 3 heteroatoms. The van der Waals surface area contributed by atoms with E-state index in [0.29, 0.717) is 0 Å². The van der Waals surface area contributed by atoms with Crippen LogP contribution < -0.4 is 11.5 Å². The minimum absolute atomic E-state index is 0.0435. The molecular weight excluding hydrogens is 443 g/mol. The smallest absolute Gasteiger partial charge is 0.0314 e. The molecule has 1 atom stereocenters. The molecule has 1 unspecified atom stereocenters. The Bertz CT molecular complexity index is 897. The van der Waals surface area contributed by atoms with Crippen molar-refractivity contribution in [1.82, 2.24) is 0 Å². The summed E-state index contributed by atoms with van der Waals surface area (Å²) >= 11 is 2.48. The maximum absolute atomic E-state index is 5.87. The summed E-state index contributed by atoms with van der Waals surface area (Å²) in [7, 11) is 0. The highest BCUT2D eigenvalue weighted by molar-refractivity contribution is 14.1. The number of nitrogen functional groups attached to an aromatic ring is 2. The van der Waals surface area contributed by atoms with Crippen LogP contribution in [0.25, 0.3) is 0 Å². The third-order valence-electron chi connectivity index (χ3n) is 5.69. The number of alkyl halides is 1. The van der Waals surface area contributed by atoms with E-state index in [1.807, 2.05) is 24.3 Å². The molecule has 140 valence electrons. The fourth-order valence-electron chi connectivity index (χ4n) is 3.49. The van der Waals surface area contributed by atoms with Gasteiger partial charge in [0.2, 0.25) is 0 Å². The van der Waals surface area contributed by atoms with E-state index in [1.165, 1.54) is 22.3 Å². The lowest BCUT2D eigenvalue weighted by molar-refractivity contribution is 0.634. The van der Waals surface area contributed by atoms with E-state index >= 15 is 0 Å². The third kappa shape index (κ3) is 3.84. The van der Waals surface area contributed by atoms with Crippen molar-refractivity contribution in [3.05, 3.63) is 95.1 Å². The Balaban J connectivity index is 1.96. The van der Waals surface area contributed by atoms with Gasteiger partial charge in [-0.1, -0.05) is 91.9 Å². The van der Waals surface area contributed by atoms with Gasteiger partial charge in [-0.3, -0.25) is 0 Å². The number of hydrogen-bond donors (Lipinski definition) is 2. The van der Waals surface area contributed by atoms with Crippen LogP contribution in [-0.4, -0.2) is 4.43 Å². The SMILES string of the molecule is CC(C)(c1ccc(N)cc1)c1ccc(C(C)(CI)c2ccc(N)cc2)cc1. The fraction of sp³-hybridized carbons (Fsp3) is 0.250. The number of hydrogen-bond acceptors (Lipinski definition) is 2. The fourth-order valence-corrected chi connectivity index (χ4v) is 4.37. The molecule has 0 spiro atoms. The summed E-state index contributed by atoms with van der Waals surface area (Å²) in [4.78, 5) is 0. The van der Waals surface area contributed by atoms with Gasteiger partial charge in [0.25, 0.3) is 0 Å². The first-order valence-corrected chi connectivity index (χ1v) is 10.7. The first kappa shape index (κ1) is 19.7. The van der Waals surface area contributed by atoms with Crippen LogP contribution in [0.3, 0.4) is 0 Å². The van der Waals surface area contributed by atoms with Gasteiger partial charge in [-0.15, -0.1) is 0 Å². The third-order valence-corrected chi connectivity index (χ3v) is 7.22. The van der Waals surface area contributed by atoms with Crippen molar-refractivity contribution >= 4 is 34.0 Å². The zero-order chi connectivity index (χ0) is 19.7. The van der Waals surface area contributed by atoms with Crippen LogP contribution in [0.5, 0.6) is 0 Å². The Labute approximate surface area is 176 Å². The monoisotopic (exact) mass is 470 g/mol. The largest absolute Gasteiger partial charge is 0.399 e. The quantitative estimate of drug-likeness (QED) is 0.276. The van der Waals surface area contributed by atoms with Crippen molar-refractivity contribution in [2.75, 3.05) is 15.9 Å². The van der Waals surface area contributed by atoms with E-state index in [1.54, 1.807) is 0 Å². The van der Waals surface area contributed by atoms with Gasteiger partial charge in [0.15, 0.2) is 0 Å². The van der Waals surface area contributed by atoms with Crippen LogP contribution in [-0.2, 0) is 10.8 Å². The van der Waals surface area contributed by atoms with Crippen molar-refractivity contribution in [2.45, 2.75) is 31.6 Å². The molecule has 2 nitrogen and oxygen atoms in total. The average molecular weight is 470 g/mol. The Morgan fingerprint density at radius 2 is 0.889 bits per heavy atom. The maximum Gasteiger partial charge on any atom is 0.0314 e. The molecule has 0 aliphatic carbocycles. The second kappa shape index (κ2) is 7.55. The van der Waals surface area contributed by atoms with E-state index in [0.717, 1.165) is 15.8 Å². The minimum Gasteiger partial charge on any atom is -0.399 e. The van der Waals surface area contributed by atoms with E-state index < -0.39 is 0 Å². The summed E-state index contributed by atoms with van der Waals surface area (Å²) in [5, 5.41) is 0. The van der Waals surface area contributed by atoms with Crippen LogP contribution in [0.2, 0.25) is 0 Å². The maximum atomic E-state index is 5.87. The molecule has 0 bridgehead atoms. The van der Waals surface area contributed by atoms with Crippen molar-refractivity contribution in [2.24, 2.45) is 0 Å². The van der Waals surface area contributed by atoms with Crippen LogP contribution in [0, 0.1) is 0 Å². The molecule has 3 aromatic carbocycles. The molecule has 3 rings (SSSR count). The second-order valence-corrected chi connectivity index (χ2v) is 8.67. The van der Waals surface area contributed by atoms with Crippen molar-refractivity contribution in [3.63, 3.8) is 0 Å². The number of nitrogens with two attached hydrogens (primary N) is 2. The Morgan fingerprint density at radius 1 is 0.593 bits per heavy atom. The van der Waals surface area contributed by atoms with Gasteiger partial charge >= 0.3 is 0 Å². The Kier molecular flexibility index (Phi) is 5.52. The van der Waals surface area contributed by atoms with Gasteiger partial charge in [0, 0.05) is 26.6 Å². The molecular formula is C24H27IN2. The highest BCUT2D eigenvalue weighted by Crippen LogP contribution is 2.37. The summed E-state index contributed by atoms with van der Waals surface area (Å²) in [6.45, 7) is 6.81. The number of rotatable bonds is 5. The van der Waals surface area contributed by atoms with Gasteiger partial charge in [0.05, 0.1) is 0 Å². The highest BCUT2D eigenvalue weighted by Gasteiger charge is 2.29. The first-order valence-electron chi connectivity index (χ1n) is 9.16. The van der Waals surface area contributed by atoms with Gasteiger partial charge in [-0.25, -0.2) is 0 Å². The average Bonchev–Trinajstić information content (AvgIpc) is 2.68. The zero-order valence-corrected chi connectivity index (χ0v) is 18.3. The summed E-state index contributed by atoms with van der Waals surface area (Å²) in [6.07, 6.45) is 0. The lowest BCUT2D eigenvalue weighted by Gasteiger charge is -2.31. The van der Waals surface area contributed by atoms with Crippen molar-refractivity contribution in [1.29, 1.82) is 0 Å². The Hall–Kier alpha value is -2.01. The van der Waals surface area contributed by atoms with E-state index in [2.05, 4.69) is 91.9 Å². The molecule has 0 heterocycles. The molecule has 0 saturated carbocycles. The van der Waals surface area contributed by atoms with Gasteiger partial charge in [-0.2, -0.15) is 0 Å². The van der Waals surface area contributed by atoms with E-state index in [9.17, 15) is 0 Å². The predicted molar refractivity (Wildman–Crippen MR) is 126 cm³/mol. The molecule has 0 radical (unpaired) electrons. The molecule has 0 aromatic heterocycles. The van der Waals surface area contributed by atoms with Crippen molar-refractivity contribution in [3.8, 4) is 0 Å². The number of anilines is 2. The topological polar surface area (TPSA) is 52.0 Å².